The number of aryl methyl sites for hydroxylation is 1. The Labute approximate surface area is 172 Å². The van der Waals surface area contributed by atoms with Crippen LogP contribution in [0, 0.1) is 24.5 Å². The van der Waals surface area contributed by atoms with Gasteiger partial charge in [0.2, 0.25) is 11.8 Å². The first-order valence-electron chi connectivity index (χ1n) is 9.56. The fraction of sp³-hybridized carbons (Fsp3) is 0.227. The van der Waals surface area contributed by atoms with Gasteiger partial charge in [-0.15, -0.1) is 0 Å². The predicted octanol–water partition coefficient (Wildman–Crippen LogP) is 3.51. The molecule has 0 spiro atoms. The van der Waals surface area contributed by atoms with Gasteiger partial charge >= 0.3 is 0 Å². The van der Waals surface area contributed by atoms with E-state index in [1.807, 2.05) is 29.8 Å². The zero-order valence-electron chi connectivity index (χ0n) is 16.3. The standard InChI is InChI=1S/C22H20F2N4O2/c1-14-25-7-9-27(14)13-15-2-4-18(5-3-15)26-21(29)20-6-8-28(22(20)30)19-11-16(23)10-17(24)12-19/h2-5,7,9-12,20H,6,8,13H2,1H3,(H,26,29). The number of aromatic nitrogens is 2. The molecule has 2 aromatic carbocycles. The largest absolute Gasteiger partial charge is 0.331 e. The van der Waals surface area contributed by atoms with E-state index in [0.717, 1.165) is 29.6 Å². The number of imidazole rings is 1. The van der Waals surface area contributed by atoms with Gasteiger partial charge in [0, 0.05) is 42.9 Å². The van der Waals surface area contributed by atoms with Crippen LogP contribution in [0.5, 0.6) is 0 Å². The topological polar surface area (TPSA) is 67.2 Å². The maximum atomic E-state index is 13.5. The highest BCUT2D eigenvalue weighted by Gasteiger charge is 2.37. The van der Waals surface area contributed by atoms with Crippen LogP contribution >= 0.6 is 0 Å². The lowest BCUT2D eigenvalue weighted by molar-refractivity contribution is -0.129. The van der Waals surface area contributed by atoms with Crippen molar-refractivity contribution >= 4 is 23.2 Å². The molecule has 4 rings (SSSR count). The van der Waals surface area contributed by atoms with Gasteiger partial charge in [0.1, 0.15) is 23.4 Å². The number of hydrogen-bond donors (Lipinski definition) is 1. The number of nitrogens with one attached hydrogen (secondary N) is 1. The summed E-state index contributed by atoms with van der Waals surface area (Å²) in [6.45, 7) is 2.82. The fourth-order valence-corrected chi connectivity index (χ4v) is 3.57. The van der Waals surface area contributed by atoms with Gasteiger partial charge in [0.05, 0.1) is 0 Å². The Morgan fingerprint density at radius 1 is 1.17 bits per heavy atom. The minimum Gasteiger partial charge on any atom is -0.331 e. The van der Waals surface area contributed by atoms with E-state index in [1.165, 1.54) is 4.90 Å². The van der Waals surface area contributed by atoms with Crippen molar-refractivity contribution in [3.63, 3.8) is 0 Å². The maximum absolute atomic E-state index is 13.5. The number of rotatable bonds is 5. The third-order valence-corrected chi connectivity index (χ3v) is 5.18. The number of carbonyl (C=O) groups is 2. The summed E-state index contributed by atoms with van der Waals surface area (Å²) < 4.78 is 28.9. The van der Waals surface area contributed by atoms with Gasteiger partial charge in [-0.3, -0.25) is 9.59 Å². The molecule has 2 heterocycles. The summed E-state index contributed by atoms with van der Waals surface area (Å²) in [4.78, 5) is 30.7. The van der Waals surface area contributed by atoms with E-state index in [-0.39, 0.29) is 18.7 Å². The molecule has 154 valence electrons. The monoisotopic (exact) mass is 410 g/mol. The predicted molar refractivity (Wildman–Crippen MR) is 108 cm³/mol. The molecule has 1 fully saturated rings. The van der Waals surface area contributed by atoms with Crippen LogP contribution in [0.15, 0.2) is 54.9 Å². The number of carbonyl (C=O) groups excluding carboxylic acids is 2. The molecule has 1 aliphatic rings. The fourth-order valence-electron chi connectivity index (χ4n) is 3.57. The van der Waals surface area contributed by atoms with Crippen molar-refractivity contribution < 1.29 is 18.4 Å². The van der Waals surface area contributed by atoms with Crippen LogP contribution in [0.1, 0.15) is 17.8 Å². The second-order valence-corrected chi connectivity index (χ2v) is 7.25. The Bertz CT molecular complexity index is 1070. The van der Waals surface area contributed by atoms with Crippen LogP contribution < -0.4 is 10.2 Å². The molecule has 1 aromatic heterocycles. The molecule has 2 amide bonds. The lowest BCUT2D eigenvalue weighted by atomic mass is 10.1. The molecule has 8 heteroatoms. The van der Waals surface area contributed by atoms with Crippen molar-refractivity contribution in [1.82, 2.24) is 9.55 Å². The molecule has 6 nitrogen and oxygen atoms in total. The molecule has 1 atom stereocenters. The van der Waals surface area contributed by atoms with Crippen molar-refractivity contribution in [2.24, 2.45) is 5.92 Å². The Kier molecular flexibility index (Phi) is 5.31. The number of hydrogen-bond acceptors (Lipinski definition) is 3. The van der Waals surface area contributed by atoms with Crippen LogP contribution in [-0.4, -0.2) is 27.9 Å². The van der Waals surface area contributed by atoms with Gasteiger partial charge in [-0.1, -0.05) is 12.1 Å². The van der Waals surface area contributed by atoms with Crippen LogP contribution in [0.3, 0.4) is 0 Å². The zero-order valence-corrected chi connectivity index (χ0v) is 16.3. The van der Waals surface area contributed by atoms with Crippen LogP contribution in [0.2, 0.25) is 0 Å². The molecule has 0 bridgehead atoms. The third kappa shape index (κ3) is 4.07. The lowest BCUT2D eigenvalue weighted by Crippen LogP contribution is -2.33. The summed E-state index contributed by atoms with van der Waals surface area (Å²) in [5, 5.41) is 2.75. The van der Waals surface area contributed by atoms with Crippen LogP contribution in [0.4, 0.5) is 20.2 Å². The van der Waals surface area contributed by atoms with E-state index in [4.69, 9.17) is 0 Å². The molecule has 0 saturated carbocycles. The molecule has 0 aliphatic carbocycles. The molecule has 1 N–H and O–H groups in total. The van der Waals surface area contributed by atoms with Crippen molar-refractivity contribution in [2.75, 3.05) is 16.8 Å². The van der Waals surface area contributed by atoms with Gasteiger partial charge in [0.25, 0.3) is 0 Å². The van der Waals surface area contributed by atoms with Crippen molar-refractivity contribution in [3.05, 3.63) is 77.9 Å². The van der Waals surface area contributed by atoms with E-state index >= 15 is 0 Å². The second-order valence-electron chi connectivity index (χ2n) is 7.25. The number of amides is 2. The summed E-state index contributed by atoms with van der Waals surface area (Å²) in [6, 6.07) is 10.3. The average Bonchev–Trinajstić information content (AvgIpc) is 3.28. The third-order valence-electron chi connectivity index (χ3n) is 5.18. The number of anilines is 2. The molecule has 30 heavy (non-hydrogen) atoms. The molecule has 1 saturated heterocycles. The van der Waals surface area contributed by atoms with E-state index in [9.17, 15) is 18.4 Å². The summed E-state index contributed by atoms with van der Waals surface area (Å²) >= 11 is 0. The van der Waals surface area contributed by atoms with Gasteiger partial charge in [-0.2, -0.15) is 0 Å². The molecular weight excluding hydrogens is 390 g/mol. The van der Waals surface area contributed by atoms with Crippen LogP contribution in [0.25, 0.3) is 0 Å². The molecular formula is C22H20F2N4O2. The van der Waals surface area contributed by atoms with Gasteiger partial charge in [-0.25, -0.2) is 13.8 Å². The second kappa shape index (κ2) is 8.06. The highest BCUT2D eigenvalue weighted by Crippen LogP contribution is 2.27. The Hall–Kier alpha value is -3.55. The molecule has 1 unspecified atom stereocenters. The summed E-state index contributed by atoms with van der Waals surface area (Å²) in [6.07, 6.45) is 3.91. The molecule has 0 radical (unpaired) electrons. The number of benzene rings is 2. The van der Waals surface area contributed by atoms with Gasteiger partial charge in [-0.05, 0) is 43.2 Å². The highest BCUT2D eigenvalue weighted by atomic mass is 19.1. The van der Waals surface area contributed by atoms with E-state index in [2.05, 4.69) is 10.3 Å². The molecule has 1 aliphatic heterocycles. The average molecular weight is 410 g/mol. The van der Waals surface area contributed by atoms with E-state index < -0.39 is 29.4 Å². The smallest absolute Gasteiger partial charge is 0.239 e. The SMILES string of the molecule is Cc1nccn1Cc1ccc(NC(=O)C2CCN(c3cc(F)cc(F)c3)C2=O)cc1. The number of nitrogens with zero attached hydrogens (tertiary/aromatic N) is 3. The minimum absolute atomic E-state index is 0.118. The Morgan fingerprint density at radius 2 is 1.87 bits per heavy atom. The van der Waals surface area contributed by atoms with Crippen molar-refractivity contribution in [1.29, 1.82) is 0 Å². The zero-order chi connectivity index (χ0) is 21.3. The Morgan fingerprint density at radius 3 is 2.50 bits per heavy atom. The summed E-state index contributed by atoms with van der Waals surface area (Å²) in [5.74, 6) is -2.42. The quantitative estimate of drug-likeness (QED) is 0.655. The van der Waals surface area contributed by atoms with E-state index in [0.29, 0.717) is 12.2 Å². The first kappa shape index (κ1) is 19.8. The van der Waals surface area contributed by atoms with Gasteiger partial charge < -0.3 is 14.8 Å². The summed E-state index contributed by atoms with van der Waals surface area (Å²) in [7, 11) is 0. The Balaban J connectivity index is 1.40. The van der Waals surface area contributed by atoms with Crippen molar-refractivity contribution in [2.45, 2.75) is 19.9 Å². The van der Waals surface area contributed by atoms with E-state index in [1.54, 1.807) is 18.3 Å². The maximum Gasteiger partial charge on any atom is 0.239 e. The minimum atomic E-state index is -0.899. The molecule has 3 aromatic rings. The number of halogens is 2. The highest BCUT2D eigenvalue weighted by molar-refractivity contribution is 6.13. The first-order chi connectivity index (χ1) is 14.4. The van der Waals surface area contributed by atoms with Gasteiger partial charge in [0.15, 0.2) is 0 Å². The lowest BCUT2D eigenvalue weighted by Gasteiger charge is -2.17. The normalized spacial score (nSPS) is 16.2. The summed E-state index contributed by atoms with van der Waals surface area (Å²) in [5.41, 5.74) is 1.74. The van der Waals surface area contributed by atoms with Crippen molar-refractivity contribution in [3.8, 4) is 0 Å². The first-order valence-corrected chi connectivity index (χ1v) is 9.56. The van der Waals surface area contributed by atoms with Crippen LogP contribution in [-0.2, 0) is 16.1 Å².